The van der Waals surface area contributed by atoms with Crippen LogP contribution in [0.25, 0.3) is 0 Å². The molecular formula is C15H22FN3O3S2. The summed E-state index contributed by atoms with van der Waals surface area (Å²) < 4.78 is 36.9. The summed E-state index contributed by atoms with van der Waals surface area (Å²) in [7, 11) is -3.64. The van der Waals surface area contributed by atoms with Crippen molar-refractivity contribution in [3.05, 3.63) is 30.1 Å². The molecule has 3 N–H and O–H groups in total. The maximum Gasteiger partial charge on any atom is 0.239 e. The Morgan fingerprint density at radius 2 is 1.83 bits per heavy atom. The molecule has 134 valence electrons. The predicted octanol–water partition coefficient (Wildman–Crippen LogP) is 1.53. The Bertz CT molecular complexity index is 661. The van der Waals surface area contributed by atoms with Gasteiger partial charge in [0.25, 0.3) is 0 Å². The maximum absolute atomic E-state index is 12.8. The van der Waals surface area contributed by atoms with Gasteiger partial charge in [-0.25, -0.2) is 12.8 Å². The molecule has 1 amide bonds. The zero-order valence-electron chi connectivity index (χ0n) is 13.6. The Labute approximate surface area is 147 Å². The van der Waals surface area contributed by atoms with E-state index in [0.717, 1.165) is 18.6 Å². The molecule has 0 aromatic heterocycles. The molecule has 1 aromatic carbocycles. The Morgan fingerprint density at radius 3 is 2.42 bits per heavy atom. The van der Waals surface area contributed by atoms with Crippen molar-refractivity contribution >= 4 is 33.1 Å². The number of hydrogen-bond acceptors (Lipinski definition) is 4. The third-order valence-electron chi connectivity index (χ3n) is 3.09. The summed E-state index contributed by atoms with van der Waals surface area (Å²) >= 11 is 4.98. The molecule has 9 heteroatoms. The Balaban J connectivity index is 2.35. The van der Waals surface area contributed by atoms with Gasteiger partial charge in [-0.1, -0.05) is 13.8 Å². The van der Waals surface area contributed by atoms with Crippen molar-refractivity contribution in [1.29, 1.82) is 0 Å². The van der Waals surface area contributed by atoms with Gasteiger partial charge in [-0.3, -0.25) is 15.6 Å². The van der Waals surface area contributed by atoms with Crippen LogP contribution in [0.3, 0.4) is 0 Å². The first-order valence-electron chi connectivity index (χ1n) is 7.51. The molecule has 6 nitrogen and oxygen atoms in total. The van der Waals surface area contributed by atoms with Crippen molar-refractivity contribution in [1.82, 2.24) is 16.2 Å². The number of sulfone groups is 1. The average molecular weight is 375 g/mol. The molecule has 0 unspecified atom stereocenters. The molecule has 0 bridgehead atoms. The Morgan fingerprint density at radius 1 is 1.21 bits per heavy atom. The van der Waals surface area contributed by atoms with E-state index in [1.807, 2.05) is 0 Å². The number of halogens is 1. The third-order valence-corrected chi connectivity index (χ3v) is 5.07. The van der Waals surface area contributed by atoms with Crippen LogP contribution in [-0.4, -0.2) is 31.7 Å². The molecule has 0 radical (unpaired) electrons. The lowest BCUT2D eigenvalue weighted by Gasteiger charge is -2.12. The molecular weight excluding hydrogens is 353 g/mol. The number of carbonyl (C=O) groups is 1. The first kappa shape index (κ1) is 20.3. The maximum atomic E-state index is 12.8. The number of rotatable bonds is 7. The zero-order chi connectivity index (χ0) is 18.2. The van der Waals surface area contributed by atoms with Crippen molar-refractivity contribution in [3.8, 4) is 0 Å². The van der Waals surface area contributed by atoms with Crippen LogP contribution in [0, 0.1) is 11.7 Å². The van der Waals surface area contributed by atoms with Gasteiger partial charge in [0, 0.05) is 13.0 Å². The monoisotopic (exact) mass is 375 g/mol. The van der Waals surface area contributed by atoms with E-state index in [4.69, 9.17) is 12.2 Å². The predicted molar refractivity (Wildman–Crippen MR) is 94.4 cm³/mol. The number of thiocarbonyl (C=S) groups is 1. The van der Waals surface area contributed by atoms with Gasteiger partial charge in [-0.2, -0.15) is 0 Å². The van der Waals surface area contributed by atoms with E-state index in [2.05, 4.69) is 30.0 Å². The van der Waals surface area contributed by atoms with Crippen molar-refractivity contribution < 1.29 is 17.6 Å². The average Bonchev–Trinajstić information content (AvgIpc) is 2.51. The summed E-state index contributed by atoms with van der Waals surface area (Å²) in [5.74, 6) is -0.866. The lowest BCUT2D eigenvalue weighted by Crippen LogP contribution is -2.47. The van der Waals surface area contributed by atoms with Crippen LogP contribution in [0.2, 0.25) is 0 Å². The van der Waals surface area contributed by atoms with Crippen LogP contribution in [0.15, 0.2) is 29.2 Å². The standard InChI is InChI=1S/C15H22FN3O3S2/c1-11(2)7-9-17-15(23)19-18-14(20)8-10-24(21,22)13-5-3-12(16)4-6-13/h3-6,11H,7-10H2,1-2H3,(H,18,20)(H2,17,19,23). The summed E-state index contributed by atoms with van der Waals surface area (Å²) in [5, 5.41) is 3.19. The molecule has 0 spiro atoms. The number of amides is 1. The van der Waals surface area contributed by atoms with Gasteiger partial charge in [0.2, 0.25) is 5.91 Å². The minimum absolute atomic E-state index is 0.0180. The Hall–Kier alpha value is -1.74. The molecule has 0 saturated heterocycles. The quantitative estimate of drug-likeness (QED) is 0.381. The fourth-order valence-corrected chi connectivity index (χ4v) is 3.09. The molecule has 1 aromatic rings. The highest BCUT2D eigenvalue weighted by molar-refractivity contribution is 7.91. The van der Waals surface area contributed by atoms with E-state index in [-0.39, 0.29) is 22.2 Å². The van der Waals surface area contributed by atoms with Crippen LogP contribution >= 0.6 is 12.2 Å². The number of benzene rings is 1. The fourth-order valence-electron chi connectivity index (χ4n) is 1.69. The van der Waals surface area contributed by atoms with Crippen LogP contribution in [0.1, 0.15) is 26.7 Å². The molecule has 0 saturated carbocycles. The topological polar surface area (TPSA) is 87.3 Å². The van der Waals surface area contributed by atoms with E-state index < -0.39 is 21.6 Å². The molecule has 0 heterocycles. The summed E-state index contributed by atoms with van der Waals surface area (Å²) in [6, 6.07) is 4.48. The summed E-state index contributed by atoms with van der Waals surface area (Å²) in [4.78, 5) is 11.7. The van der Waals surface area contributed by atoms with Crippen molar-refractivity contribution in [2.75, 3.05) is 12.3 Å². The smallest absolute Gasteiger partial charge is 0.239 e. The summed E-state index contributed by atoms with van der Waals surface area (Å²) in [6.07, 6.45) is 0.701. The van der Waals surface area contributed by atoms with Crippen molar-refractivity contribution in [3.63, 3.8) is 0 Å². The fraction of sp³-hybridized carbons (Fsp3) is 0.467. The first-order chi connectivity index (χ1) is 11.2. The molecule has 0 atom stereocenters. The highest BCUT2D eigenvalue weighted by Gasteiger charge is 2.16. The van der Waals surface area contributed by atoms with E-state index in [1.54, 1.807) is 0 Å². The molecule has 0 aliphatic rings. The lowest BCUT2D eigenvalue weighted by atomic mass is 10.1. The number of nitrogens with one attached hydrogen (secondary N) is 3. The largest absolute Gasteiger partial charge is 0.361 e. The highest BCUT2D eigenvalue weighted by atomic mass is 32.2. The van der Waals surface area contributed by atoms with Crippen LogP contribution in [-0.2, 0) is 14.6 Å². The SMILES string of the molecule is CC(C)CCNC(=S)NNC(=O)CCS(=O)(=O)c1ccc(F)cc1. The van der Waals surface area contributed by atoms with E-state index >= 15 is 0 Å². The number of hydrazine groups is 1. The zero-order valence-corrected chi connectivity index (χ0v) is 15.3. The Kier molecular flexibility index (Phi) is 8.06. The van der Waals surface area contributed by atoms with E-state index in [0.29, 0.717) is 12.5 Å². The third kappa shape index (κ3) is 7.69. The minimum atomic E-state index is -3.64. The second kappa shape index (κ2) is 9.53. The molecule has 24 heavy (non-hydrogen) atoms. The normalized spacial score (nSPS) is 11.2. The summed E-state index contributed by atoms with van der Waals surface area (Å²) in [6.45, 7) is 4.85. The van der Waals surface area contributed by atoms with Gasteiger partial charge in [0.15, 0.2) is 14.9 Å². The van der Waals surface area contributed by atoms with E-state index in [1.165, 1.54) is 12.1 Å². The second-order valence-electron chi connectivity index (χ2n) is 5.63. The highest BCUT2D eigenvalue weighted by Crippen LogP contribution is 2.12. The van der Waals surface area contributed by atoms with Crippen molar-refractivity contribution in [2.45, 2.75) is 31.6 Å². The van der Waals surface area contributed by atoms with Crippen LogP contribution < -0.4 is 16.2 Å². The molecule has 0 aliphatic carbocycles. The number of carbonyl (C=O) groups excluding carboxylic acids is 1. The second-order valence-corrected chi connectivity index (χ2v) is 8.15. The molecule has 1 rings (SSSR count). The van der Waals surface area contributed by atoms with Gasteiger partial charge in [0.05, 0.1) is 10.6 Å². The summed E-state index contributed by atoms with van der Waals surface area (Å²) in [5.41, 5.74) is 4.85. The van der Waals surface area contributed by atoms with Gasteiger partial charge < -0.3 is 5.32 Å². The van der Waals surface area contributed by atoms with Crippen LogP contribution in [0.4, 0.5) is 4.39 Å². The van der Waals surface area contributed by atoms with Crippen LogP contribution in [0.5, 0.6) is 0 Å². The lowest BCUT2D eigenvalue weighted by molar-refractivity contribution is -0.121. The van der Waals surface area contributed by atoms with Gasteiger partial charge in [0.1, 0.15) is 5.82 Å². The van der Waals surface area contributed by atoms with Gasteiger partial charge in [-0.15, -0.1) is 0 Å². The first-order valence-corrected chi connectivity index (χ1v) is 9.58. The minimum Gasteiger partial charge on any atom is -0.361 e. The van der Waals surface area contributed by atoms with Gasteiger partial charge in [-0.05, 0) is 48.8 Å². The molecule has 0 fully saturated rings. The van der Waals surface area contributed by atoms with Gasteiger partial charge >= 0.3 is 0 Å². The van der Waals surface area contributed by atoms with E-state index in [9.17, 15) is 17.6 Å². The number of hydrogen-bond donors (Lipinski definition) is 3. The molecule has 0 aliphatic heterocycles. The van der Waals surface area contributed by atoms with Crippen molar-refractivity contribution in [2.24, 2.45) is 5.92 Å².